The van der Waals surface area contributed by atoms with Crippen LogP contribution in [0.4, 0.5) is 5.69 Å². The van der Waals surface area contributed by atoms with Crippen LogP contribution in [0, 0.1) is 5.92 Å². The Morgan fingerprint density at radius 3 is 2.62 bits per heavy atom. The Labute approximate surface area is 96.0 Å². The molecule has 2 atom stereocenters. The number of hydrogen-bond acceptors (Lipinski definition) is 3. The van der Waals surface area contributed by atoms with Gasteiger partial charge in [0.05, 0.1) is 13.2 Å². The van der Waals surface area contributed by atoms with Crippen molar-refractivity contribution in [2.45, 2.75) is 19.4 Å². The SMILES string of the molecule is CC[C@@H]1CN(c2ccc(OC)cc2)[C@@H]1C=O. The lowest BCUT2D eigenvalue weighted by molar-refractivity contribution is -0.111. The molecule has 0 saturated carbocycles. The van der Waals surface area contributed by atoms with Gasteiger partial charge >= 0.3 is 0 Å². The van der Waals surface area contributed by atoms with Gasteiger partial charge in [-0.2, -0.15) is 0 Å². The highest BCUT2D eigenvalue weighted by molar-refractivity contribution is 5.70. The molecule has 1 aromatic carbocycles. The van der Waals surface area contributed by atoms with Crippen molar-refractivity contribution in [2.75, 3.05) is 18.6 Å². The third-order valence-electron chi connectivity index (χ3n) is 3.34. The Balaban J connectivity index is 2.10. The molecule has 3 nitrogen and oxygen atoms in total. The monoisotopic (exact) mass is 219 g/mol. The van der Waals surface area contributed by atoms with Gasteiger partial charge in [0.2, 0.25) is 0 Å². The fourth-order valence-corrected chi connectivity index (χ4v) is 2.21. The minimum atomic E-state index is 0.0541. The third kappa shape index (κ3) is 1.77. The summed E-state index contributed by atoms with van der Waals surface area (Å²) in [6, 6.07) is 7.91. The van der Waals surface area contributed by atoms with Crippen molar-refractivity contribution >= 4 is 12.0 Å². The molecule has 2 rings (SSSR count). The van der Waals surface area contributed by atoms with Crippen LogP contribution in [0.2, 0.25) is 0 Å². The summed E-state index contributed by atoms with van der Waals surface area (Å²) in [5, 5.41) is 0. The average molecular weight is 219 g/mol. The lowest BCUT2D eigenvalue weighted by atomic mass is 9.86. The lowest BCUT2D eigenvalue weighted by Gasteiger charge is -2.46. The van der Waals surface area contributed by atoms with Crippen LogP contribution in [0.5, 0.6) is 5.75 Å². The van der Waals surface area contributed by atoms with E-state index in [4.69, 9.17) is 4.74 Å². The van der Waals surface area contributed by atoms with Crippen LogP contribution in [-0.4, -0.2) is 26.0 Å². The minimum Gasteiger partial charge on any atom is -0.497 e. The van der Waals surface area contributed by atoms with Gasteiger partial charge in [-0.1, -0.05) is 6.92 Å². The molecule has 1 heterocycles. The first kappa shape index (κ1) is 11.0. The second kappa shape index (κ2) is 4.56. The Morgan fingerprint density at radius 1 is 1.44 bits per heavy atom. The molecular weight excluding hydrogens is 202 g/mol. The van der Waals surface area contributed by atoms with E-state index in [2.05, 4.69) is 11.8 Å². The molecule has 16 heavy (non-hydrogen) atoms. The van der Waals surface area contributed by atoms with E-state index in [1.54, 1.807) is 7.11 Å². The molecule has 0 N–H and O–H groups in total. The van der Waals surface area contributed by atoms with Crippen LogP contribution >= 0.6 is 0 Å². The van der Waals surface area contributed by atoms with E-state index in [1.165, 1.54) is 0 Å². The van der Waals surface area contributed by atoms with Crippen LogP contribution < -0.4 is 9.64 Å². The smallest absolute Gasteiger partial charge is 0.142 e. The summed E-state index contributed by atoms with van der Waals surface area (Å²) < 4.78 is 5.11. The molecule has 1 aliphatic heterocycles. The molecule has 0 bridgehead atoms. The standard InChI is InChI=1S/C13H17NO2/c1-3-10-8-14(13(10)9-15)11-4-6-12(16-2)7-5-11/h4-7,9-10,13H,3,8H2,1-2H3/t10-,13-/m1/s1. The van der Waals surface area contributed by atoms with Crippen molar-refractivity contribution in [3.05, 3.63) is 24.3 Å². The molecule has 86 valence electrons. The van der Waals surface area contributed by atoms with Gasteiger partial charge in [0.1, 0.15) is 12.0 Å². The van der Waals surface area contributed by atoms with Crippen LogP contribution in [0.3, 0.4) is 0 Å². The third-order valence-corrected chi connectivity index (χ3v) is 3.34. The number of nitrogens with zero attached hydrogens (tertiary/aromatic N) is 1. The van der Waals surface area contributed by atoms with E-state index in [9.17, 15) is 4.79 Å². The Hall–Kier alpha value is -1.51. The normalized spacial score (nSPS) is 23.8. The second-order valence-corrected chi connectivity index (χ2v) is 4.15. The zero-order valence-corrected chi connectivity index (χ0v) is 9.72. The zero-order valence-electron chi connectivity index (χ0n) is 9.72. The Morgan fingerprint density at radius 2 is 2.12 bits per heavy atom. The highest BCUT2D eigenvalue weighted by atomic mass is 16.5. The van der Waals surface area contributed by atoms with Gasteiger partial charge < -0.3 is 14.4 Å². The van der Waals surface area contributed by atoms with Crippen LogP contribution in [0.1, 0.15) is 13.3 Å². The number of benzene rings is 1. The maximum Gasteiger partial charge on any atom is 0.142 e. The van der Waals surface area contributed by atoms with E-state index < -0.39 is 0 Å². The molecule has 1 aromatic rings. The van der Waals surface area contributed by atoms with Gasteiger partial charge in [-0.25, -0.2) is 0 Å². The largest absolute Gasteiger partial charge is 0.497 e. The number of methoxy groups -OCH3 is 1. The fraction of sp³-hybridized carbons (Fsp3) is 0.462. The van der Waals surface area contributed by atoms with E-state index in [-0.39, 0.29) is 6.04 Å². The number of carbonyl (C=O) groups is 1. The van der Waals surface area contributed by atoms with Gasteiger partial charge in [0, 0.05) is 18.2 Å². The van der Waals surface area contributed by atoms with Crippen LogP contribution in [-0.2, 0) is 4.79 Å². The van der Waals surface area contributed by atoms with Gasteiger partial charge in [0.15, 0.2) is 0 Å². The molecule has 3 heteroatoms. The van der Waals surface area contributed by atoms with E-state index in [0.29, 0.717) is 5.92 Å². The first-order valence-electron chi connectivity index (χ1n) is 5.66. The topological polar surface area (TPSA) is 29.5 Å². The minimum absolute atomic E-state index is 0.0541. The fourth-order valence-electron chi connectivity index (χ4n) is 2.21. The van der Waals surface area contributed by atoms with Gasteiger partial charge in [-0.15, -0.1) is 0 Å². The maximum atomic E-state index is 11.0. The van der Waals surface area contributed by atoms with Gasteiger partial charge in [-0.05, 0) is 30.7 Å². The summed E-state index contributed by atoms with van der Waals surface area (Å²) in [6.45, 7) is 3.11. The average Bonchev–Trinajstić information content (AvgIpc) is 2.30. The molecule has 1 fully saturated rings. The number of rotatable bonds is 4. The van der Waals surface area contributed by atoms with E-state index >= 15 is 0 Å². The number of hydrogen-bond donors (Lipinski definition) is 0. The summed E-state index contributed by atoms with van der Waals surface area (Å²) in [5.74, 6) is 1.36. The summed E-state index contributed by atoms with van der Waals surface area (Å²) in [5.41, 5.74) is 1.10. The van der Waals surface area contributed by atoms with Crippen molar-refractivity contribution in [1.29, 1.82) is 0 Å². The van der Waals surface area contributed by atoms with Crippen molar-refractivity contribution in [3.8, 4) is 5.75 Å². The maximum absolute atomic E-state index is 11.0. The number of ether oxygens (including phenoxy) is 1. The first-order chi connectivity index (χ1) is 7.80. The predicted molar refractivity (Wildman–Crippen MR) is 64.0 cm³/mol. The predicted octanol–water partition coefficient (Wildman–Crippen LogP) is 2.11. The molecule has 1 saturated heterocycles. The number of aldehydes is 1. The van der Waals surface area contributed by atoms with E-state index in [1.807, 2.05) is 24.3 Å². The quantitative estimate of drug-likeness (QED) is 0.726. The van der Waals surface area contributed by atoms with Crippen molar-refractivity contribution in [1.82, 2.24) is 0 Å². The highest BCUT2D eigenvalue weighted by Crippen LogP contribution is 2.32. The summed E-state index contributed by atoms with van der Waals surface area (Å²) in [6.07, 6.45) is 2.12. The number of anilines is 1. The Kier molecular flexibility index (Phi) is 3.13. The molecular formula is C13H17NO2. The van der Waals surface area contributed by atoms with Crippen LogP contribution in [0.25, 0.3) is 0 Å². The van der Waals surface area contributed by atoms with Gasteiger partial charge in [-0.3, -0.25) is 0 Å². The molecule has 0 radical (unpaired) electrons. The molecule has 0 amide bonds. The summed E-state index contributed by atoms with van der Waals surface area (Å²) in [7, 11) is 1.65. The first-order valence-corrected chi connectivity index (χ1v) is 5.66. The highest BCUT2D eigenvalue weighted by Gasteiger charge is 2.37. The summed E-state index contributed by atoms with van der Waals surface area (Å²) >= 11 is 0. The van der Waals surface area contributed by atoms with E-state index in [0.717, 1.165) is 30.7 Å². The van der Waals surface area contributed by atoms with Crippen molar-refractivity contribution < 1.29 is 9.53 Å². The molecule has 0 aromatic heterocycles. The van der Waals surface area contributed by atoms with Crippen molar-refractivity contribution in [2.24, 2.45) is 5.92 Å². The molecule has 1 aliphatic rings. The van der Waals surface area contributed by atoms with Crippen molar-refractivity contribution in [3.63, 3.8) is 0 Å². The molecule has 0 aliphatic carbocycles. The van der Waals surface area contributed by atoms with Gasteiger partial charge in [0.25, 0.3) is 0 Å². The molecule has 0 unspecified atom stereocenters. The molecule has 0 spiro atoms. The lowest BCUT2D eigenvalue weighted by Crippen LogP contribution is -2.57. The summed E-state index contributed by atoms with van der Waals surface area (Å²) in [4.78, 5) is 13.1. The second-order valence-electron chi connectivity index (χ2n) is 4.15. The Bertz CT molecular complexity index is 361. The zero-order chi connectivity index (χ0) is 11.5. The number of carbonyl (C=O) groups excluding carboxylic acids is 1. The van der Waals surface area contributed by atoms with Crippen LogP contribution in [0.15, 0.2) is 24.3 Å².